The van der Waals surface area contributed by atoms with Gasteiger partial charge in [-0.05, 0) is 25.7 Å². The molecule has 2 heterocycles. The Morgan fingerprint density at radius 3 is 2.61 bits per heavy atom. The fourth-order valence-corrected chi connectivity index (χ4v) is 3.99. The number of hydrogen-bond acceptors (Lipinski definition) is 4. The molecule has 1 N–H and O–H groups in total. The monoisotopic (exact) mass is 269 g/mol. The first-order valence-corrected chi connectivity index (χ1v) is 7.61. The van der Waals surface area contributed by atoms with Crippen molar-refractivity contribution in [2.45, 2.75) is 45.4 Å². The number of nitrogens with zero attached hydrogens (tertiary/aromatic N) is 1. The molecule has 2 rings (SSSR count). The molecule has 0 aromatic carbocycles. The highest BCUT2D eigenvalue weighted by Gasteiger charge is 2.25. The smallest absolute Gasteiger partial charge is 0.0963 e. The van der Waals surface area contributed by atoms with Gasteiger partial charge in [-0.15, -0.1) is 11.3 Å². The molecule has 0 aliphatic carbocycles. The average Bonchev–Trinajstić information content (AvgIpc) is 2.73. The van der Waals surface area contributed by atoms with E-state index in [2.05, 4.69) is 20.8 Å². The van der Waals surface area contributed by atoms with Crippen LogP contribution in [0.15, 0.2) is 0 Å². The standard InChI is InChI=1S/C14H23NO2S/c1-9(2)12(8-16)13-10(3)15-14(18-13)11-4-6-17-7-5-11/h9,11-12,16H,4-8H2,1-3H3. The number of thiazole rings is 1. The van der Waals surface area contributed by atoms with Crippen LogP contribution in [0.2, 0.25) is 0 Å². The quantitative estimate of drug-likeness (QED) is 0.913. The van der Waals surface area contributed by atoms with Gasteiger partial charge >= 0.3 is 0 Å². The van der Waals surface area contributed by atoms with E-state index in [1.165, 1.54) is 9.88 Å². The van der Waals surface area contributed by atoms with Crippen LogP contribution in [0.25, 0.3) is 0 Å². The van der Waals surface area contributed by atoms with Crippen molar-refractivity contribution in [3.05, 3.63) is 15.6 Å². The van der Waals surface area contributed by atoms with Gasteiger partial charge in [-0.2, -0.15) is 0 Å². The number of aliphatic hydroxyl groups is 1. The minimum Gasteiger partial charge on any atom is -0.396 e. The summed E-state index contributed by atoms with van der Waals surface area (Å²) in [6.07, 6.45) is 2.16. The van der Waals surface area contributed by atoms with Crippen LogP contribution in [-0.4, -0.2) is 29.9 Å². The molecule has 1 unspecified atom stereocenters. The van der Waals surface area contributed by atoms with E-state index in [4.69, 9.17) is 9.72 Å². The van der Waals surface area contributed by atoms with Crippen molar-refractivity contribution in [2.24, 2.45) is 5.92 Å². The second-order valence-electron chi connectivity index (χ2n) is 5.42. The SMILES string of the molecule is Cc1nc(C2CCOCC2)sc1C(CO)C(C)C. The van der Waals surface area contributed by atoms with Crippen LogP contribution in [-0.2, 0) is 4.74 Å². The molecular weight excluding hydrogens is 246 g/mol. The molecule has 0 radical (unpaired) electrons. The third-order valence-electron chi connectivity index (χ3n) is 3.76. The van der Waals surface area contributed by atoms with Gasteiger partial charge in [0.25, 0.3) is 0 Å². The lowest BCUT2D eigenvalue weighted by molar-refractivity contribution is 0.0852. The van der Waals surface area contributed by atoms with Gasteiger partial charge in [0.15, 0.2) is 0 Å². The number of aliphatic hydroxyl groups excluding tert-OH is 1. The van der Waals surface area contributed by atoms with Gasteiger partial charge in [0.2, 0.25) is 0 Å². The van der Waals surface area contributed by atoms with Crippen molar-refractivity contribution in [2.75, 3.05) is 19.8 Å². The summed E-state index contributed by atoms with van der Waals surface area (Å²) in [5, 5.41) is 10.8. The minimum absolute atomic E-state index is 0.216. The van der Waals surface area contributed by atoms with Crippen LogP contribution in [0.1, 0.15) is 54.1 Å². The molecule has 4 heteroatoms. The highest BCUT2D eigenvalue weighted by Crippen LogP contribution is 2.37. The van der Waals surface area contributed by atoms with Crippen molar-refractivity contribution in [3.63, 3.8) is 0 Å². The lowest BCUT2D eigenvalue weighted by atomic mass is 9.94. The Morgan fingerprint density at radius 2 is 2.06 bits per heavy atom. The molecule has 1 aromatic rings. The van der Waals surface area contributed by atoms with Crippen LogP contribution >= 0.6 is 11.3 Å². The van der Waals surface area contributed by atoms with E-state index < -0.39 is 0 Å². The number of aromatic nitrogens is 1. The van der Waals surface area contributed by atoms with Crippen LogP contribution in [0, 0.1) is 12.8 Å². The van der Waals surface area contributed by atoms with E-state index in [-0.39, 0.29) is 12.5 Å². The zero-order valence-corrected chi connectivity index (χ0v) is 12.3. The summed E-state index contributed by atoms with van der Waals surface area (Å²) in [6.45, 7) is 8.31. The van der Waals surface area contributed by atoms with Crippen molar-refractivity contribution < 1.29 is 9.84 Å². The molecule has 1 fully saturated rings. The maximum atomic E-state index is 9.55. The summed E-state index contributed by atoms with van der Waals surface area (Å²) in [5.41, 5.74) is 1.11. The van der Waals surface area contributed by atoms with Crippen molar-refractivity contribution in [3.8, 4) is 0 Å². The van der Waals surface area contributed by atoms with E-state index in [0.29, 0.717) is 11.8 Å². The zero-order valence-electron chi connectivity index (χ0n) is 11.5. The third-order valence-corrected chi connectivity index (χ3v) is 5.21. The van der Waals surface area contributed by atoms with E-state index in [9.17, 15) is 5.11 Å². The van der Waals surface area contributed by atoms with E-state index in [1.807, 2.05) is 0 Å². The number of ether oxygens (including phenoxy) is 1. The lowest BCUT2D eigenvalue weighted by Gasteiger charge is -2.20. The van der Waals surface area contributed by atoms with Gasteiger partial charge in [-0.25, -0.2) is 4.98 Å². The topological polar surface area (TPSA) is 42.4 Å². The molecule has 18 heavy (non-hydrogen) atoms. The van der Waals surface area contributed by atoms with Gasteiger partial charge in [-0.3, -0.25) is 0 Å². The van der Waals surface area contributed by atoms with E-state index in [0.717, 1.165) is 31.7 Å². The molecule has 1 aliphatic rings. The average molecular weight is 269 g/mol. The van der Waals surface area contributed by atoms with Crippen molar-refractivity contribution in [1.82, 2.24) is 4.98 Å². The first-order valence-electron chi connectivity index (χ1n) is 6.79. The number of aryl methyl sites for hydroxylation is 1. The molecule has 0 saturated carbocycles. The summed E-state index contributed by atoms with van der Waals surface area (Å²) in [5.74, 6) is 1.25. The van der Waals surface area contributed by atoms with E-state index >= 15 is 0 Å². The summed E-state index contributed by atoms with van der Waals surface area (Å²) in [4.78, 5) is 6.01. The maximum Gasteiger partial charge on any atom is 0.0963 e. The van der Waals surface area contributed by atoms with Gasteiger partial charge in [0.1, 0.15) is 0 Å². The zero-order chi connectivity index (χ0) is 13.1. The molecule has 1 aliphatic heterocycles. The second-order valence-corrected chi connectivity index (χ2v) is 6.48. The highest BCUT2D eigenvalue weighted by atomic mass is 32.1. The minimum atomic E-state index is 0.216. The summed E-state index contributed by atoms with van der Waals surface area (Å²) in [6, 6.07) is 0. The van der Waals surface area contributed by atoms with E-state index in [1.54, 1.807) is 11.3 Å². The highest BCUT2D eigenvalue weighted by molar-refractivity contribution is 7.12. The molecular formula is C14H23NO2S. The lowest BCUT2D eigenvalue weighted by Crippen LogP contribution is -2.13. The molecule has 1 saturated heterocycles. The second kappa shape index (κ2) is 6.13. The molecule has 102 valence electrons. The summed E-state index contributed by atoms with van der Waals surface area (Å²) < 4.78 is 5.40. The predicted octanol–water partition coefficient (Wildman–Crippen LogP) is 3.08. The molecule has 3 nitrogen and oxygen atoms in total. The van der Waals surface area contributed by atoms with Crippen LogP contribution in [0.3, 0.4) is 0 Å². The maximum absolute atomic E-state index is 9.55. The Balaban J connectivity index is 2.19. The first kappa shape index (κ1) is 14.0. The Hall–Kier alpha value is -0.450. The first-order chi connectivity index (χ1) is 8.63. The third kappa shape index (κ3) is 2.92. The van der Waals surface area contributed by atoms with Gasteiger partial charge in [0, 0.05) is 29.9 Å². The Morgan fingerprint density at radius 1 is 1.39 bits per heavy atom. The predicted molar refractivity (Wildman–Crippen MR) is 74.3 cm³/mol. The normalized spacial score (nSPS) is 19.4. The summed E-state index contributed by atoms with van der Waals surface area (Å²) in [7, 11) is 0. The Kier molecular flexibility index (Phi) is 4.76. The van der Waals surface area contributed by atoms with Crippen LogP contribution < -0.4 is 0 Å². The van der Waals surface area contributed by atoms with Crippen molar-refractivity contribution in [1.29, 1.82) is 0 Å². The number of rotatable bonds is 4. The Labute approximate surface area is 113 Å². The molecule has 1 aromatic heterocycles. The molecule has 1 atom stereocenters. The molecule has 0 amide bonds. The molecule has 0 spiro atoms. The van der Waals surface area contributed by atoms with Crippen molar-refractivity contribution >= 4 is 11.3 Å². The Bertz CT molecular complexity index is 383. The van der Waals surface area contributed by atoms with Gasteiger partial charge < -0.3 is 9.84 Å². The van der Waals surface area contributed by atoms with Crippen LogP contribution in [0.5, 0.6) is 0 Å². The van der Waals surface area contributed by atoms with Gasteiger partial charge in [-0.1, -0.05) is 13.8 Å². The summed E-state index contributed by atoms with van der Waals surface area (Å²) >= 11 is 1.80. The fraction of sp³-hybridized carbons (Fsp3) is 0.786. The largest absolute Gasteiger partial charge is 0.396 e. The van der Waals surface area contributed by atoms with Crippen LogP contribution in [0.4, 0.5) is 0 Å². The van der Waals surface area contributed by atoms with Gasteiger partial charge in [0.05, 0.1) is 17.3 Å². The molecule has 0 bridgehead atoms. The fourth-order valence-electron chi connectivity index (χ4n) is 2.49. The number of hydrogen-bond donors (Lipinski definition) is 1.